The molecule has 0 aliphatic heterocycles. The van der Waals surface area contributed by atoms with Crippen molar-refractivity contribution in [1.82, 2.24) is 9.97 Å². The summed E-state index contributed by atoms with van der Waals surface area (Å²) in [6.07, 6.45) is 1.02. The van der Waals surface area contributed by atoms with Crippen LogP contribution in [0, 0.1) is 17.0 Å². The first-order valence-corrected chi connectivity index (χ1v) is 6.47. The van der Waals surface area contributed by atoms with Crippen LogP contribution in [0.5, 0.6) is 5.88 Å². The molecule has 0 saturated carbocycles. The molecule has 7 heteroatoms. The van der Waals surface area contributed by atoms with E-state index in [1.807, 2.05) is 31.2 Å². The Labute approximate surface area is 122 Å². The Balaban J connectivity index is 2.38. The second kappa shape index (κ2) is 6.17. The van der Waals surface area contributed by atoms with E-state index >= 15 is 0 Å². The Kier molecular flexibility index (Phi) is 4.32. The van der Waals surface area contributed by atoms with E-state index in [0.717, 1.165) is 5.56 Å². The standard InChI is InChI=1S/C14H16N4O3/c1-9(2)21-14-12(18(19)20)13(15-8-16-14)17-11-6-4-10(3)5-7-11/h4-9H,1-3H3,(H,15,16,17). The van der Waals surface area contributed by atoms with Crippen LogP contribution in [-0.4, -0.2) is 21.0 Å². The van der Waals surface area contributed by atoms with Crippen molar-refractivity contribution < 1.29 is 9.66 Å². The second-order valence-corrected chi connectivity index (χ2v) is 4.79. The summed E-state index contributed by atoms with van der Waals surface area (Å²) in [6.45, 7) is 5.52. The van der Waals surface area contributed by atoms with Gasteiger partial charge in [0.05, 0.1) is 11.0 Å². The molecule has 110 valence electrons. The van der Waals surface area contributed by atoms with E-state index in [1.54, 1.807) is 13.8 Å². The van der Waals surface area contributed by atoms with Crippen LogP contribution in [0.25, 0.3) is 0 Å². The number of anilines is 2. The number of rotatable bonds is 5. The SMILES string of the molecule is Cc1ccc(Nc2ncnc(OC(C)C)c2[N+](=O)[O-])cc1. The average molecular weight is 288 g/mol. The van der Waals surface area contributed by atoms with Gasteiger partial charge in [-0.1, -0.05) is 17.7 Å². The number of nitrogens with zero attached hydrogens (tertiary/aromatic N) is 3. The van der Waals surface area contributed by atoms with Gasteiger partial charge in [-0.2, -0.15) is 4.98 Å². The highest BCUT2D eigenvalue weighted by molar-refractivity contribution is 5.68. The zero-order chi connectivity index (χ0) is 15.4. The molecule has 0 amide bonds. The van der Waals surface area contributed by atoms with Crippen LogP contribution in [0.4, 0.5) is 17.2 Å². The summed E-state index contributed by atoms with van der Waals surface area (Å²) < 4.78 is 5.37. The number of hydrogen-bond donors (Lipinski definition) is 1. The maximum absolute atomic E-state index is 11.3. The van der Waals surface area contributed by atoms with Gasteiger partial charge >= 0.3 is 5.69 Å². The van der Waals surface area contributed by atoms with Crippen LogP contribution in [-0.2, 0) is 0 Å². The topological polar surface area (TPSA) is 90.2 Å². The van der Waals surface area contributed by atoms with Gasteiger partial charge in [0.15, 0.2) is 0 Å². The number of benzene rings is 1. The normalized spacial score (nSPS) is 10.5. The number of aromatic nitrogens is 2. The van der Waals surface area contributed by atoms with E-state index < -0.39 is 4.92 Å². The highest BCUT2D eigenvalue weighted by Gasteiger charge is 2.25. The van der Waals surface area contributed by atoms with Gasteiger partial charge in [-0.25, -0.2) is 4.98 Å². The summed E-state index contributed by atoms with van der Waals surface area (Å²) in [6, 6.07) is 7.45. The molecule has 0 bridgehead atoms. The zero-order valence-corrected chi connectivity index (χ0v) is 12.0. The summed E-state index contributed by atoms with van der Waals surface area (Å²) in [5.74, 6) is 0.0640. The average Bonchev–Trinajstić information content (AvgIpc) is 2.40. The Bertz CT molecular complexity index is 641. The van der Waals surface area contributed by atoms with E-state index in [0.29, 0.717) is 5.69 Å². The third kappa shape index (κ3) is 3.65. The van der Waals surface area contributed by atoms with Crippen LogP contribution in [0.2, 0.25) is 0 Å². The van der Waals surface area contributed by atoms with Crippen molar-refractivity contribution in [2.45, 2.75) is 26.9 Å². The molecule has 0 radical (unpaired) electrons. The number of aryl methyl sites for hydroxylation is 1. The smallest absolute Gasteiger partial charge is 0.373 e. The van der Waals surface area contributed by atoms with Gasteiger partial charge in [0.2, 0.25) is 5.82 Å². The lowest BCUT2D eigenvalue weighted by Gasteiger charge is -2.11. The molecule has 0 fully saturated rings. The number of nitrogens with one attached hydrogen (secondary N) is 1. The van der Waals surface area contributed by atoms with Crippen molar-refractivity contribution in [2.75, 3.05) is 5.32 Å². The summed E-state index contributed by atoms with van der Waals surface area (Å²) in [5.41, 5.74) is 1.53. The molecule has 21 heavy (non-hydrogen) atoms. The predicted molar refractivity (Wildman–Crippen MR) is 78.9 cm³/mol. The first-order chi connectivity index (χ1) is 9.97. The molecular weight excluding hydrogens is 272 g/mol. The number of nitro groups is 1. The van der Waals surface area contributed by atoms with Crippen molar-refractivity contribution in [3.63, 3.8) is 0 Å². The fraction of sp³-hybridized carbons (Fsp3) is 0.286. The maximum Gasteiger partial charge on any atom is 0.373 e. The molecule has 0 saturated heterocycles. The van der Waals surface area contributed by atoms with Crippen molar-refractivity contribution in [1.29, 1.82) is 0 Å². The molecule has 1 heterocycles. The van der Waals surface area contributed by atoms with Crippen molar-refractivity contribution in [3.05, 3.63) is 46.3 Å². The molecule has 2 aromatic rings. The lowest BCUT2D eigenvalue weighted by Crippen LogP contribution is -2.10. The molecule has 0 spiro atoms. The van der Waals surface area contributed by atoms with Gasteiger partial charge < -0.3 is 10.1 Å². The largest absolute Gasteiger partial charge is 0.470 e. The molecule has 1 aromatic heterocycles. The minimum absolute atomic E-state index is 0.0420. The van der Waals surface area contributed by atoms with Gasteiger partial charge in [-0.3, -0.25) is 10.1 Å². The van der Waals surface area contributed by atoms with Crippen LogP contribution < -0.4 is 10.1 Å². The van der Waals surface area contributed by atoms with E-state index in [2.05, 4.69) is 15.3 Å². The summed E-state index contributed by atoms with van der Waals surface area (Å²) in [5, 5.41) is 14.2. The maximum atomic E-state index is 11.3. The van der Waals surface area contributed by atoms with Crippen molar-refractivity contribution in [3.8, 4) is 5.88 Å². The number of ether oxygens (including phenoxy) is 1. The monoisotopic (exact) mass is 288 g/mol. The van der Waals surface area contributed by atoms with Crippen molar-refractivity contribution in [2.24, 2.45) is 0 Å². The van der Waals surface area contributed by atoms with E-state index in [4.69, 9.17) is 4.74 Å². The lowest BCUT2D eigenvalue weighted by molar-refractivity contribution is -0.385. The molecule has 0 aliphatic rings. The van der Waals surface area contributed by atoms with Crippen LogP contribution in [0.1, 0.15) is 19.4 Å². The fourth-order valence-corrected chi connectivity index (χ4v) is 1.70. The first kappa shape index (κ1) is 14.7. The first-order valence-electron chi connectivity index (χ1n) is 6.47. The Morgan fingerprint density at radius 1 is 1.24 bits per heavy atom. The molecule has 0 aliphatic carbocycles. The highest BCUT2D eigenvalue weighted by Crippen LogP contribution is 2.33. The lowest BCUT2D eigenvalue weighted by atomic mass is 10.2. The fourth-order valence-electron chi connectivity index (χ4n) is 1.70. The summed E-state index contributed by atoms with van der Waals surface area (Å²) in [7, 11) is 0. The molecule has 1 N–H and O–H groups in total. The third-order valence-corrected chi connectivity index (χ3v) is 2.63. The van der Waals surface area contributed by atoms with Crippen molar-refractivity contribution >= 4 is 17.2 Å². The summed E-state index contributed by atoms with van der Waals surface area (Å²) in [4.78, 5) is 18.5. The van der Waals surface area contributed by atoms with Gasteiger partial charge in [0, 0.05) is 5.69 Å². The summed E-state index contributed by atoms with van der Waals surface area (Å²) >= 11 is 0. The Morgan fingerprint density at radius 3 is 2.48 bits per heavy atom. The quantitative estimate of drug-likeness (QED) is 0.671. The van der Waals surface area contributed by atoms with E-state index in [1.165, 1.54) is 6.33 Å². The van der Waals surface area contributed by atoms with Crippen LogP contribution >= 0.6 is 0 Å². The minimum Gasteiger partial charge on any atom is -0.470 e. The number of hydrogen-bond acceptors (Lipinski definition) is 6. The Hall–Kier alpha value is -2.70. The van der Waals surface area contributed by atoms with Crippen LogP contribution in [0.15, 0.2) is 30.6 Å². The molecule has 0 unspecified atom stereocenters. The Morgan fingerprint density at radius 2 is 1.90 bits per heavy atom. The predicted octanol–water partition coefficient (Wildman–Crippen LogP) is 3.22. The molecule has 0 atom stereocenters. The van der Waals surface area contributed by atoms with Gasteiger partial charge in [0.25, 0.3) is 5.88 Å². The van der Waals surface area contributed by atoms with E-state index in [9.17, 15) is 10.1 Å². The molecule has 2 rings (SSSR count). The van der Waals surface area contributed by atoms with Gasteiger partial charge in [-0.05, 0) is 32.9 Å². The highest BCUT2D eigenvalue weighted by atomic mass is 16.6. The minimum atomic E-state index is -0.547. The van der Waals surface area contributed by atoms with Crippen LogP contribution in [0.3, 0.4) is 0 Å². The van der Waals surface area contributed by atoms with E-state index in [-0.39, 0.29) is 23.5 Å². The molecule has 7 nitrogen and oxygen atoms in total. The zero-order valence-electron chi connectivity index (χ0n) is 12.0. The third-order valence-electron chi connectivity index (χ3n) is 2.63. The van der Waals surface area contributed by atoms with Gasteiger partial charge in [-0.15, -0.1) is 0 Å². The molecule has 1 aromatic carbocycles. The molecular formula is C14H16N4O3. The van der Waals surface area contributed by atoms with Gasteiger partial charge in [0.1, 0.15) is 6.33 Å². The second-order valence-electron chi connectivity index (χ2n) is 4.79.